The van der Waals surface area contributed by atoms with Crippen LogP contribution in [0, 0.1) is 16.7 Å². The minimum Gasteiger partial charge on any atom is -0.371 e. The van der Waals surface area contributed by atoms with Crippen LogP contribution in [-0.2, 0) is 14.4 Å². The number of amides is 6. The average molecular weight is 817 g/mol. The average Bonchev–Trinajstić information content (AvgIpc) is 3.71. The highest BCUT2D eigenvalue weighted by atomic mass is 35.5. The van der Waals surface area contributed by atoms with Crippen LogP contribution in [0.3, 0.4) is 0 Å². The molecule has 1 N–H and O–H groups in total. The fraction of sp³-hybridized carbons (Fsp3) is 0.432. The third-order valence-corrected chi connectivity index (χ3v) is 13.7. The first-order chi connectivity index (χ1) is 28.5. The van der Waals surface area contributed by atoms with Crippen LogP contribution >= 0.6 is 11.6 Å². The quantitative estimate of drug-likeness (QED) is 0.360. The number of halogens is 1. The number of hydrogen-bond donors (Lipinski definition) is 1. The highest BCUT2D eigenvalue weighted by Gasteiger charge is 2.46. The van der Waals surface area contributed by atoms with Crippen molar-refractivity contribution in [2.75, 3.05) is 73.6 Å². The summed E-state index contributed by atoms with van der Waals surface area (Å²) in [5, 5.41) is 11.8. The zero-order valence-electron chi connectivity index (χ0n) is 32.7. The molecule has 3 aromatic rings. The Morgan fingerprint density at radius 3 is 2.08 bits per heavy atom. The molecule has 3 aromatic carbocycles. The van der Waals surface area contributed by atoms with E-state index in [1.54, 1.807) is 35.2 Å². The first-order valence-electron chi connectivity index (χ1n) is 20.5. The van der Waals surface area contributed by atoms with Crippen LogP contribution in [0.1, 0.15) is 81.6 Å². The molecule has 5 fully saturated rings. The van der Waals surface area contributed by atoms with Crippen molar-refractivity contribution >= 4 is 64.1 Å². The molecule has 0 aliphatic carbocycles. The van der Waals surface area contributed by atoms with Crippen molar-refractivity contribution in [3.05, 3.63) is 87.9 Å². The van der Waals surface area contributed by atoms with Crippen molar-refractivity contribution in [3.63, 3.8) is 0 Å². The van der Waals surface area contributed by atoms with E-state index < -0.39 is 29.7 Å². The van der Waals surface area contributed by atoms with Crippen LogP contribution in [0.2, 0.25) is 5.02 Å². The number of piperidine rings is 3. The number of nitrogens with zero attached hydrogens (tertiary/aromatic N) is 7. The molecule has 304 valence electrons. The Kier molecular flexibility index (Phi) is 10.1. The van der Waals surface area contributed by atoms with Gasteiger partial charge in [0.2, 0.25) is 17.7 Å². The Morgan fingerprint density at radius 2 is 1.41 bits per heavy atom. The number of anilines is 3. The number of nitrogens with one attached hydrogen (secondary N) is 1. The lowest BCUT2D eigenvalue weighted by Crippen LogP contribution is -2.54. The molecular weight excluding hydrogens is 772 g/mol. The Hall–Kier alpha value is -5.78. The molecule has 1 unspecified atom stereocenters. The van der Waals surface area contributed by atoms with Gasteiger partial charge in [-0.3, -0.25) is 43.9 Å². The van der Waals surface area contributed by atoms with Gasteiger partial charge in [0.25, 0.3) is 17.7 Å². The van der Waals surface area contributed by atoms with Gasteiger partial charge in [0.05, 0.1) is 21.7 Å². The molecule has 1 spiro atoms. The second kappa shape index (κ2) is 15.4. The summed E-state index contributed by atoms with van der Waals surface area (Å²) < 4.78 is 0. The van der Waals surface area contributed by atoms with Gasteiger partial charge < -0.3 is 19.6 Å². The first kappa shape index (κ1) is 38.7. The summed E-state index contributed by atoms with van der Waals surface area (Å²) in [5.74, 6) is -1.90. The number of imide groups is 2. The van der Waals surface area contributed by atoms with Gasteiger partial charge in [-0.05, 0) is 92.8 Å². The van der Waals surface area contributed by atoms with E-state index in [1.807, 2.05) is 35.2 Å². The summed E-state index contributed by atoms with van der Waals surface area (Å²) in [5.41, 5.74) is 4.22. The number of benzene rings is 3. The van der Waals surface area contributed by atoms with Crippen LogP contribution in [0.5, 0.6) is 0 Å². The molecule has 6 aliphatic rings. The highest BCUT2D eigenvalue weighted by molar-refractivity contribution is 6.32. The monoisotopic (exact) mass is 816 g/mol. The van der Waals surface area contributed by atoms with Crippen molar-refractivity contribution < 1.29 is 28.8 Å². The highest BCUT2D eigenvalue weighted by Crippen LogP contribution is 2.44. The molecule has 1 atom stereocenters. The minimum absolute atomic E-state index is 0.0388. The summed E-state index contributed by atoms with van der Waals surface area (Å²) in [6.45, 7) is 6.77. The topological polar surface area (TPSA) is 158 Å². The van der Waals surface area contributed by atoms with E-state index in [0.29, 0.717) is 48.2 Å². The molecule has 5 saturated heterocycles. The van der Waals surface area contributed by atoms with Crippen LogP contribution in [0.15, 0.2) is 60.7 Å². The van der Waals surface area contributed by atoms with Crippen molar-refractivity contribution in [1.29, 1.82) is 5.26 Å². The summed E-state index contributed by atoms with van der Waals surface area (Å²) in [7, 11) is 0. The van der Waals surface area contributed by atoms with E-state index in [-0.39, 0.29) is 41.2 Å². The molecule has 0 aromatic heterocycles. The van der Waals surface area contributed by atoms with Gasteiger partial charge in [-0.25, -0.2) is 0 Å². The van der Waals surface area contributed by atoms with Crippen LogP contribution in [0.4, 0.5) is 17.1 Å². The lowest BCUT2D eigenvalue weighted by Gasteiger charge is -2.43. The fourth-order valence-corrected chi connectivity index (χ4v) is 10.1. The molecule has 15 heteroatoms. The smallest absolute Gasteiger partial charge is 0.262 e. The maximum Gasteiger partial charge on any atom is 0.262 e. The Balaban J connectivity index is 0.736. The molecular formula is C44H45ClN8O6. The summed E-state index contributed by atoms with van der Waals surface area (Å²) in [6, 6.07) is 19.8. The second-order valence-corrected chi connectivity index (χ2v) is 17.1. The van der Waals surface area contributed by atoms with E-state index in [2.05, 4.69) is 26.1 Å². The van der Waals surface area contributed by atoms with Gasteiger partial charge in [-0.15, -0.1) is 0 Å². The van der Waals surface area contributed by atoms with E-state index >= 15 is 0 Å². The number of hydrogen-bond acceptors (Lipinski definition) is 10. The number of carbonyl (C=O) groups is 6. The van der Waals surface area contributed by atoms with Gasteiger partial charge in [-0.2, -0.15) is 5.26 Å². The van der Waals surface area contributed by atoms with Gasteiger partial charge in [0.1, 0.15) is 12.1 Å². The van der Waals surface area contributed by atoms with E-state index in [9.17, 15) is 34.0 Å². The normalized spacial score (nSPS) is 22.6. The molecule has 6 heterocycles. The summed E-state index contributed by atoms with van der Waals surface area (Å²) in [4.78, 5) is 89.0. The Morgan fingerprint density at radius 1 is 0.746 bits per heavy atom. The third-order valence-electron chi connectivity index (χ3n) is 13.4. The van der Waals surface area contributed by atoms with Crippen molar-refractivity contribution in [2.24, 2.45) is 5.41 Å². The standard InChI is InChI=1S/C44H45ClN8O6/c45-36-24-33(6-3-29(36)26-46)52-27-44(25-39(52)55)13-17-49(18-14-44)30-4-1-28(2-5-30)41(57)51-21-19-50(20-22-51)31-11-15-48(16-12-31)32-7-8-34-35(23-32)43(59)53(42(34)58)37-9-10-38(54)47-40(37)56/h1-8,23-24,31,37H,9-22,25,27H2,(H,47,54,56). The summed E-state index contributed by atoms with van der Waals surface area (Å²) >= 11 is 6.27. The number of fused-ring (bicyclic) bond motifs is 1. The number of nitriles is 1. The van der Waals surface area contributed by atoms with Crippen LogP contribution in [0.25, 0.3) is 0 Å². The van der Waals surface area contributed by atoms with Crippen molar-refractivity contribution in [1.82, 2.24) is 20.0 Å². The number of piperazine rings is 1. The number of carbonyl (C=O) groups excluding carboxylic acids is 6. The molecule has 9 rings (SSSR count). The van der Waals surface area contributed by atoms with Gasteiger partial charge >= 0.3 is 0 Å². The molecule has 0 bridgehead atoms. The predicted molar refractivity (Wildman–Crippen MR) is 219 cm³/mol. The van der Waals surface area contributed by atoms with Crippen molar-refractivity contribution in [2.45, 2.75) is 57.0 Å². The predicted octanol–water partition coefficient (Wildman–Crippen LogP) is 4.06. The second-order valence-electron chi connectivity index (χ2n) is 16.7. The lowest BCUT2D eigenvalue weighted by molar-refractivity contribution is -0.136. The zero-order chi connectivity index (χ0) is 41.0. The molecule has 0 radical (unpaired) electrons. The van der Waals surface area contributed by atoms with Crippen LogP contribution in [-0.4, -0.2) is 121 Å². The molecule has 59 heavy (non-hydrogen) atoms. The molecule has 14 nitrogen and oxygen atoms in total. The van der Waals surface area contributed by atoms with E-state index in [1.165, 1.54) is 0 Å². The van der Waals surface area contributed by atoms with E-state index in [4.69, 9.17) is 11.6 Å². The molecule has 0 saturated carbocycles. The maximum atomic E-state index is 13.6. The zero-order valence-corrected chi connectivity index (χ0v) is 33.5. The first-order valence-corrected chi connectivity index (χ1v) is 20.9. The van der Waals surface area contributed by atoms with Crippen LogP contribution < -0.4 is 20.0 Å². The minimum atomic E-state index is -0.986. The lowest BCUT2D eigenvalue weighted by atomic mass is 9.77. The molecule has 6 amide bonds. The number of rotatable bonds is 6. The SMILES string of the molecule is N#Cc1ccc(N2CC3(CCN(c4ccc(C(=O)N5CCN(C6CCN(c7ccc8c(c7)C(=O)N(C7CCC(=O)NC7=O)C8=O)CC6)CC5)cc4)CC3)CC2=O)cc1Cl. The third kappa shape index (κ3) is 7.20. The Labute approximate surface area is 347 Å². The Bertz CT molecular complexity index is 2290. The molecule has 6 aliphatic heterocycles. The van der Waals surface area contributed by atoms with E-state index in [0.717, 1.165) is 86.9 Å². The van der Waals surface area contributed by atoms with Gasteiger partial charge in [0.15, 0.2) is 0 Å². The van der Waals surface area contributed by atoms with Gasteiger partial charge in [0, 0.05) is 106 Å². The van der Waals surface area contributed by atoms with Gasteiger partial charge in [-0.1, -0.05) is 11.6 Å². The fourth-order valence-electron chi connectivity index (χ4n) is 9.90. The largest absolute Gasteiger partial charge is 0.371 e. The van der Waals surface area contributed by atoms with Crippen molar-refractivity contribution in [3.8, 4) is 6.07 Å². The summed E-state index contributed by atoms with van der Waals surface area (Å²) in [6.07, 6.45) is 4.33. The maximum absolute atomic E-state index is 13.6.